The van der Waals surface area contributed by atoms with Crippen LogP contribution >= 0.6 is 0 Å². The molecule has 182 valence electrons. The molecule has 0 aromatic heterocycles. The minimum absolute atomic E-state index is 0.0749. The number of amides is 1. The molecule has 2 aromatic rings. The molecule has 4 atom stereocenters. The third kappa shape index (κ3) is 5.10. The van der Waals surface area contributed by atoms with Crippen LogP contribution in [-0.4, -0.2) is 50.4 Å². The number of piperidine rings is 1. The highest BCUT2D eigenvalue weighted by Gasteiger charge is 2.53. The van der Waals surface area contributed by atoms with Gasteiger partial charge in [0.15, 0.2) is 0 Å². The number of fused-ring (bicyclic) bond motifs is 1. The first-order chi connectivity index (χ1) is 16.5. The number of ether oxygens (including phenoxy) is 2. The van der Waals surface area contributed by atoms with E-state index < -0.39 is 0 Å². The number of nitrogens with one attached hydrogen (secondary N) is 1. The van der Waals surface area contributed by atoms with Gasteiger partial charge in [-0.25, -0.2) is 4.79 Å². The van der Waals surface area contributed by atoms with Crippen molar-refractivity contribution in [2.24, 2.45) is 11.8 Å². The van der Waals surface area contributed by atoms with Crippen molar-refractivity contribution >= 4 is 6.09 Å². The minimum Gasteiger partial charge on any atom is -0.497 e. The SMILES string of the molecule is COc1cccc([C@@]23CC[N@+](C)(CC4CC4)CC2CC[C@@H](NC(=O)OCc2ccccc2)C3)c1. The van der Waals surface area contributed by atoms with Gasteiger partial charge in [0, 0.05) is 29.7 Å². The Labute approximate surface area is 204 Å². The molecule has 1 unspecified atom stereocenters. The van der Waals surface area contributed by atoms with E-state index in [0.717, 1.165) is 42.9 Å². The molecule has 5 heteroatoms. The molecule has 1 amide bonds. The van der Waals surface area contributed by atoms with Crippen LogP contribution in [0.2, 0.25) is 0 Å². The van der Waals surface area contributed by atoms with Crippen LogP contribution < -0.4 is 10.1 Å². The average molecular weight is 464 g/mol. The van der Waals surface area contributed by atoms with Gasteiger partial charge >= 0.3 is 6.09 Å². The van der Waals surface area contributed by atoms with E-state index in [4.69, 9.17) is 9.47 Å². The maximum atomic E-state index is 12.7. The molecule has 5 rings (SSSR count). The van der Waals surface area contributed by atoms with Gasteiger partial charge in [-0.3, -0.25) is 0 Å². The standard InChI is InChI=1S/C29H38N2O3/c1-31(19-22-11-12-22)16-15-29(24-9-6-10-27(17-24)33-2)18-26(14-13-25(29)20-31)30-28(32)34-21-23-7-4-3-5-8-23/h3-10,17,22,25-26H,11-16,18-21H2,1-2H3/p+1/t25?,26-,29+,31-/m1/s1. The highest BCUT2D eigenvalue weighted by molar-refractivity contribution is 5.67. The summed E-state index contributed by atoms with van der Waals surface area (Å²) in [5.74, 6) is 2.48. The van der Waals surface area contributed by atoms with Crippen molar-refractivity contribution < 1.29 is 18.8 Å². The van der Waals surface area contributed by atoms with Crippen molar-refractivity contribution in [2.45, 2.75) is 56.6 Å². The van der Waals surface area contributed by atoms with E-state index in [-0.39, 0.29) is 17.6 Å². The Kier molecular flexibility index (Phi) is 6.57. The van der Waals surface area contributed by atoms with Gasteiger partial charge in [0.1, 0.15) is 12.4 Å². The van der Waals surface area contributed by atoms with E-state index in [1.165, 1.54) is 42.5 Å². The molecule has 2 aromatic carbocycles. The van der Waals surface area contributed by atoms with Crippen LogP contribution in [0.3, 0.4) is 0 Å². The fourth-order valence-electron chi connectivity index (χ4n) is 6.63. The van der Waals surface area contributed by atoms with E-state index in [2.05, 4.69) is 30.6 Å². The Morgan fingerprint density at radius 1 is 1.09 bits per heavy atom. The first-order valence-corrected chi connectivity index (χ1v) is 12.9. The van der Waals surface area contributed by atoms with Crippen LogP contribution in [-0.2, 0) is 16.8 Å². The molecule has 0 bridgehead atoms. The normalized spacial score (nSPS) is 30.8. The summed E-state index contributed by atoms with van der Waals surface area (Å²) in [5, 5.41) is 3.21. The Hall–Kier alpha value is -2.53. The summed E-state index contributed by atoms with van der Waals surface area (Å²) in [4.78, 5) is 12.7. The maximum Gasteiger partial charge on any atom is 0.407 e. The number of alkyl carbamates (subject to hydrolysis) is 1. The molecule has 5 nitrogen and oxygen atoms in total. The van der Waals surface area contributed by atoms with Gasteiger partial charge in [0.2, 0.25) is 0 Å². The number of hydrogen-bond acceptors (Lipinski definition) is 3. The number of methoxy groups -OCH3 is 1. The molecule has 1 aliphatic heterocycles. The summed E-state index contributed by atoms with van der Waals surface area (Å²) in [6.45, 7) is 4.08. The summed E-state index contributed by atoms with van der Waals surface area (Å²) < 4.78 is 12.4. The molecule has 1 N–H and O–H groups in total. The van der Waals surface area contributed by atoms with Crippen LogP contribution in [0.5, 0.6) is 5.75 Å². The zero-order valence-electron chi connectivity index (χ0n) is 20.7. The summed E-state index contributed by atoms with van der Waals surface area (Å²) in [6, 6.07) is 18.7. The molecule has 0 radical (unpaired) electrons. The van der Waals surface area contributed by atoms with Crippen LogP contribution in [0.15, 0.2) is 54.6 Å². The zero-order chi connectivity index (χ0) is 23.6. The zero-order valence-corrected chi connectivity index (χ0v) is 20.7. The highest BCUT2D eigenvalue weighted by atomic mass is 16.5. The predicted molar refractivity (Wildman–Crippen MR) is 134 cm³/mol. The quantitative estimate of drug-likeness (QED) is 0.568. The van der Waals surface area contributed by atoms with E-state index in [9.17, 15) is 4.79 Å². The van der Waals surface area contributed by atoms with Gasteiger partial charge in [-0.05, 0) is 55.4 Å². The smallest absolute Gasteiger partial charge is 0.407 e. The van der Waals surface area contributed by atoms with Crippen molar-refractivity contribution in [1.82, 2.24) is 5.32 Å². The summed E-state index contributed by atoms with van der Waals surface area (Å²) in [6.07, 6.45) is 6.80. The fourth-order valence-corrected chi connectivity index (χ4v) is 6.63. The Bertz CT molecular complexity index is 992. The third-order valence-corrected chi connectivity index (χ3v) is 8.59. The van der Waals surface area contributed by atoms with Crippen LogP contribution in [0.1, 0.15) is 49.7 Å². The van der Waals surface area contributed by atoms with Crippen molar-refractivity contribution in [3.63, 3.8) is 0 Å². The summed E-state index contributed by atoms with van der Waals surface area (Å²) >= 11 is 0. The lowest BCUT2D eigenvalue weighted by molar-refractivity contribution is -0.921. The van der Waals surface area contributed by atoms with Crippen molar-refractivity contribution in [1.29, 1.82) is 0 Å². The monoisotopic (exact) mass is 463 g/mol. The molecule has 3 aliphatic rings. The number of nitrogens with zero attached hydrogens (tertiary/aromatic N) is 1. The lowest BCUT2D eigenvalue weighted by Crippen LogP contribution is -2.62. The topological polar surface area (TPSA) is 47.6 Å². The Morgan fingerprint density at radius 2 is 1.91 bits per heavy atom. The van der Waals surface area contributed by atoms with Gasteiger partial charge in [-0.1, -0.05) is 42.5 Å². The van der Waals surface area contributed by atoms with Crippen molar-refractivity contribution in [2.75, 3.05) is 33.8 Å². The molecular formula is C29H39N2O3+. The van der Waals surface area contributed by atoms with Gasteiger partial charge in [-0.2, -0.15) is 0 Å². The van der Waals surface area contributed by atoms with Crippen LogP contribution in [0, 0.1) is 11.8 Å². The lowest BCUT2D eigenvalue weighted by atomic mass is 9.57. The van der Waals surface area contributed by atoms with Gasteiger partial charge in [-0.15, -0.1) is 0 Å². The molecule has 34 heavy (non-hydrogen) atoms. The minimum atomic E-state index is -0.307. The number of benzene rings is 2. The number of rotatable bonds is 7. The summed E-state index contributed by atoms with van der Waals surface area (Å²) in [7, 11) is 4.21. The Morgan fingerprint density at radius 3 is 2.68 bits per heavy atom. The number of hydrogen-bond donors (Lipinski definition) is 1. The second kappa shape index (κ2) is 9.61. The lowest BCUT2D eigenvalue weighted by Gasteiger charge is -2.55. The fraction of sp³-hybridized carbons (Fsp3) is 0.552. The molecule has 3 fully saturated rings. The molecule has 0 spiro atoms. The molecule has 2 saturated carbocycles. The third-order valence-electron chi connectivity index (χ3n) is 8.59. The van der Waals surface area contributed by atoms with Gasteiger partial charge < -0.3 is 19.3 Å². The van der Waals surface area contributed by atoms with E-state index >= 15 is 0 Å². The second-order valence-electron chi connectivity index (χ2n) is 11.2. The first kappa shape index (κ1) is 23.2. The van der Waals surface area contributed by atoms with Crippen molar-refractivity contribution in [3.05, 3.63) is 65.7 Å². The van der Waals surface area contributed by atoms with E-state index in [1.807, 2.05) is 36.4 Å². The van der Waals surface area contributed by atoms with E-state index in [0.29, 0.717) is 12.5 Å². The highest BCUT2D eigenvalue weighted by Crippen LogP contribution is 2.51. The van der Waals surface area contributed by atoms with Crippen molar-refractivity contribution in [3.8, 4) is 5.75 Å². The molecule has 1 heterocycles. The maximum absolute atomic E-state index is 12.7. The largest absolute Gasteiger partial charge is 0.497 e. The number of quaternary nitrogens is 1. The number of carbonyl (C=O) groups is 1. The average Bonchev–Trinajstić information content (AvgIpc) is 3.67. The van der Waals surface area contributed by atoms with Gasteiger partial charge in [0.05, 0.1) is 33.8 Å². The first-order valence-electron chi connectivity index (χ1n) is 12.9. The predicted octanol–water partition coefficient (Wildman–Crippen LogP) is 5.29. The van der Waals surface area contributed by atoms with E-state index in [1.54, 1.807) is 7.11 Å². The van der Waals surface area contributed by atoms with Gasteiger partial charge in [0.25, 0.3) is 0 Å². The van der Waals surface area contributed by atoms with Crippen LogP contribution in [0.25, 0.3) is 0 Å². The number of carbonyl (C=O) groups excluding carboxylic acids is 1. The second-order valence-corrected chi connectivity index (χ2v) is 11.2. The Balaban J connectivity index is 1.31. The van der Waals surface area contributed by atoms with Crippen LogP contribution in [0.4, 0.5) is 4.79 Å². The molecular weight excluding hydrogens is 424 g/mol. The molecule has 1 saturated heterocycles. The summed E-state index contributed by atoms with van der Waals surface area (Å²) in [5.41, 5.74) is 2.46. The molecule has 2 aliphatic carbocycles. The number of likely N-dealkylation sites (tertiary alicyclic amines) is 1.